The molecule has 0 radical (unpaired) electrons. The van der Waals surface area contributed by atoms with Gasteiger partial charge in [0.25, 0.3) is 0 Å². The lowest BCUT2D eigenvalue weighted by molar-refractivity contribution is 0.167. The van der Waals surface area contributed by atoms with Gasteiger partial charge in [-0.25, -0.2) is 9.78 Å². The van der Waals surface area contributed by atoms with Gasteiger partial charge in [-0.3, -0.25) is 0 Å². The molecule has 3 N–H and O–H groups in total. The summed E-state index contributed by atoms with van der Waals surface area (Å²) in [6.07, 6.45) is 1.92. The van der Waals surface area contributed by atoms with Crippen LogP contribution >= 0.6 is 22.6 Å². The zero-order chi connectivity index (χ0) is 19.7. The molecule has 8 nitrogen and oxygen atoms in total. The van der Waals surface area contributed by atoms with Crippen LogP contribution < -0.4 is 10.2 Å². The average Bonchev–Trinajstić information content (AvgIpc) is 3.09. The summed E-state index contributed by atoms with van der Waals surface area (Å²) in [6, 6.07) is 11.8. The number of anilines is 1. The number of fused-ring (bicyclic) bond motifs is 1. The van der Waals surface area contributed by atoms with E-state index in [1.165, 1.54) is 0 Å². The zero-order valence-corrected chi connectivity index (χ0v) is 17.0. The molecule has 1 amide bonds. The average molecular weight is 488 g/mol. The fourth-order valence-electron chi connectivity index (χ4n) is 3.74. The Morgan fingerprint density at radius 3 is 2.64 bits per heavy atom. The molecule has 3 aromatic rings. The number of nitriles is 1. The minimum atomic E-state index is -1.04. The maximum absolute atomic E-state index is 11.4. The molecule has 1 aromatic carbocycles. The van der Waals surface area contributed by atoms with Crippen molar-refractivity contribution in [3.8, 4) is 6.07 Å². The molecule has 1 aliphatic heterocycles. The Balaban J connectivity index is 1.63. The van der Waals surface area contributed by atoms with Crippen molar-refractivity contribution in [1.29, 1.82) is 5.26 Å². The molecular formula is C19H17IN6O2. The lowest BCUT2D eigenvalue weighted by atomic mass is 9.81. The van der Waals surface area contributed by atoms with Crippen LogP contribution in [0.1, 0.15) is 24.1 Å². The standard InChI is InChI=1S/C19H17IN6O2/c20-13-11-22-16-15(13)14(10-21)23-17(24-16)26-8-6-19(7-9-26,25-18(27)28)12-4-2-1-3-5-12/h1-5,11,25H,6-9H2,(H,27,28)(H,22,23,24). The predicted molar refractivity (Wildman–Crippen MR) is 112 cm³/mol. The van der Waals surface area contributed by atoms with E-state index in [2.05, 4.69) is 48.9 Å². The highest BCUT2D eigenvalue weighted by Gasteiger charge is 2.38. The van der Waals surface area contributed by atoms with Crippen LogP contribution in [-0.4, -0.2) is 39.2 Å². The Labute approximate surface area is 174 Å². The number of aromatic amines is 1. The molecule has 3 heterocycles. The fraction of sp³-hybridized carbons (Fsp3) is 0.263. The molecule has 0 atom stereocenters. The van der Waals surface area contributed by atoms with Crippen molar-refractivity contribution in [2.45, 2.75) is 18.4 Å². The monoisotopic (exact) mass is 488 g/mol. The third kappa shape index (κ3) is 3.24. The van der Waals surface area contributed by atoms with Crippen molar-refractivity contribution >= 4 is 45.7 Å². The van der Waals surface area contributed by atoms with Gasteiger partial charge in [0, 0.05) is 22.9 Å². The van der Waals surface area contributed by atoms with Gasteiger partial charge >= 0.3 is 6.09 Å². The van der Waals surface area contributed by atoms with Crippen molar-refractivity contribution in [3.63, 3.8) is 0 Å². The van der Waals surface area contributed by atoms with E-state index in [9.17, 15) is 15.2 Å². The van der Waals surface area contributed by atoms with E-state index < -0.39 is 11.6 Å². The number of nitrogens with one attached hydrogen (secondary N) is 2. The normalized spacial score (nSPS) is 15.9. The number of carboxylic acid groups (broad SMARTS) is 1. The van der Waals surface area contributed by atoms with Gasteiger partial charge in [0.15, 0.2) is 5.69 Å². The van der Waals surface area contributed by atoms with Gasteiger partial charge in [-0.1, -0.05) is 30.3 Å². The zero-order valence-electron chi connectivity index (χ0n) is 14.8. The molecule has 0 spiro atoms. The Hall–Kier alpha value is -2.87. The molecule has 28 heavy (non-hydrogen) atoms. The number of hydrogen-bond acceptors (Lipinski definition) is 5. The first-order valence-corrected chi connectivity index (χ1v) is 9.86. The first-order valence-electron chi connectivity index (χ1n) is 8.79. The second-order valence-corrected chi connectivity index (χ2v) is 7.87. The molecule has 1 saturated heterocycles. The number of H-pyrrole nitrogens is 1. The summed E-state index contributed by atoms with van der Waals surface area (Å²) in [6.45, 7) is 1.15. The Morgan fingerprint density at radius 2 is 2.00 bits per heavy atom. The Bertz CT molecular complexity index is 1070. The van der Waals surface area contributed by atoms with E-state index in [-0.39, 0.29) is 0 Å². The number of aromatic nitrogens is 3. The summed E-state index contributed by atoms with van der Waals surface area (Å²) in [5.74, 6) is 0.485. The lowest BCUT2D eigenvalue weighted by Gasteiger charge is -2.42. The molecule has 0 unspecified atom stereocenters. The van der Waals surface area contributed by atoms with E-state index in [0.717, 1.165) is 14.5 Å². The van der Waals surface area contributed by atoms with Gasteiger partial charge in [0.05, 0.1) is 10.9 Å². The van der Waals surface area contributed by atoms with Gasteiger partial charge < -0.3 is 20.3 Å². The van der Waals surface area contributed by atoms with E-state index in [0.29, 0.717) is 43.2 Å². The highest BCUT2D eigenvalue weighted by molar-refractivity contribution is 14.1. The highest BCUT2D eigenvalue weighted by atomic mass is 127. The number of amides is 1. The van der Waals surface area contributed by atoms with Crippen molar-refractivity contribution in [2.75, 3.05) is 18.0 Å². The largest absolute Gasteiger partial charge is 0.465 e. The summed E-state index contributed by atoms with van der Waals surface area (Å²) in [5.41, 5.74) is 1.28. The third-order valence-electron chi connectivity index (χ3n) is 5.15. The predicted octanol–water partition coefficient (Wildman–Crippen LogP) is 3.20. The van der Waals surface area contributed by atoms with E-state index in [1.54, 1.807) is 6.20 Å². The van der Waals surface area contributed by atoms with Gasteiger partial charge in [0.2, 0.25) is 5.95 Å². The topological polar surface area (TPSA) is 118 Å². The van der Waals surface area contributed by atoms with Crippen molar-refractivity contribution in [3.05, 3.63) is 51.4 Å². The quantitative estimate of drug-likeness (QED) is 0.488. The summed E-state index contributed by atoms with van der Waals surface area (Å²) >= 11 is 2.15. The highest BCUT2D eigenvalue weighted by Crippen LogP contribution is 2.34. The van der Waals surface area contributed by atoms with Crippen LogP contribution in [0.3, 0.4) is 0 Å². The third-order valence-corrected chi connectivity index (χ3v) is 6.00. The van der Waals surface area contributed by atoms with Crippen LogP contribution in [0, 0.1) is 14.9 Å². The first-order chi connectivity index (χ1) is 13.5. The number of benzene rings is 1. The number of piperidine rings is 1. The minimum Gasteiger partial charge on any atom is -0.465 e. The summed E-state index contributed by atoms with van der Waals surface area (Å²) in [7, 11) is 0. The van der Waals surface area contributed by atoms with Crippen molar-refractivity contribution in [1.82, 2.24) is 20.3 Å². The SMILES string of the molecule is N#Cc1nc(N2CCC(NC(=O)O)(c3ccccc3)CC2)nc2[nH]cc(I)c12. The smallest absolute Gasteiger partial charge is 0.405 e. The number of nitrogens with zero attached hydrogens (tertiary/aromatic N) is 4. The van der Waals surface area contributed by atoms with Crippen LogP contribution in [0.4, 0.5) is 10.7 Å². The van der Waals surface area contributed by atoms with E-state index in [1.807, 2.05) is 35.2 Å². The molecule has 0 bridgehead atoms. The first kappa shape index (κ1) is 18.5. The summed E-state index contributed by atoms with van der Waals surface area (Å²) in [5, 5.41) is 22.3. The number of carbonyl (C=O) groups is 1. The van der Waals surface area contributed by atoms with Crippen LogP contribution in [0.2, 0.25) is 0 Å². The lowest BCUT2D eigenvalue weighted by Crippen LogP contribution is -2.53. The fourth-order valence-corrected chi connectivity index (χ4v) is 4.41. The number of rotatable bonds is 3. The second-order valence-electron chi connectivity index (χ2n) is 6.71. The Kier molecular flexibility index (Phi) is 4.80. The molecule has 4 rings (SSSR count). The Morgan fingerprint density at radius 1 is 1.29 bits per heavy atom. The summed E-state index contributed by atoms with van der Waals surface area (Å²) < 4.78 is 0.906. The molecule has 0 aliphatic carbocycles. The molecule has 0 saturated carbocycles. The van der Waals surface area contributed by atoms with Gasteiger partial charge in [-0.05, 0) is 41.0 Å². The molecule has 9 heteroatoms. The van der Waals surface area contributed by atoms with Gasteiger partial charge in [-0.2, -0.15) is 10.2 Å². The molecule has 1 fully saturated rings. The maximum Gasteiger partial charge on any atom is 0.405 e. The van der Waals surface area contributed by atoms with Gasteiger partial charge in [0.1, 0.15) is 11.7 Å². The number of halogens is 1. The van der Waals surface area contributed by atoms with Crippen LogP contribution in [0.5, 0.6) is 0 Å². The van der Waals surface area contributed by atoms with Crippen molar-refractivity contribution in [2.24, 2.45) is 0 Å². The van der Waals surface area contributed by atoms with E-state index >= 15 is 0 Å². The number of hydrogen-bond donors (Lipinski definition) is 3. The molecule has 142 valence electrons. The second kappa shape index (κ2) is 7.27. The van der Waals surface area contributed by atoms with Crippen LogP contribution in [0.15, 0.2) is 36.5 Å². The van der Waals surface area contributed by atoms with Crippen LogP contribution in [0.25, 0.3) is 11.0 Å². The molecule has 1 aliphatic rings. The molecule has 2 aromatic heterocycles. The minimum absolute atomic E-state index is 0.342. The van der Waals surface area contributed by atoms with Crippen molar-refractivity contribution < 1.29 is 9.90 Å². The van der Waals surface area contributed by atoms with Gasteiger partial charge in [-0.15, -0.1) is 0 Å². The molecular weight excluding hydrogens is 471 g/mol. The summed E-state index contributed by atoms with van der Waals surface area (Å²) in [4.78, 5) is 25.5. The van der Waals surface area contributed by atoms with E-state index in [4.69, 9.17) is 0 Å². The maximum atomic E-state index is 11.4. The van der Waals surface area contributed by atoms with Crippen LogP contribution in [-0.2, 0) is 5.54 Å².